The molecule has 3 rings (SSSR count). The van der Waals surface area contributed by atoms with E-state index in [1.165, 1.54) is 25.7 Å². The predicted molar refractivity (Wildman–Crippen MR) is 69.7 cm³/mol. The summed E-state index contributed by atoms with van der Waals surface area (Å²) in [6, 6.07) is 2.50. The van der Waals surface area contributed by atoms with Crippen LogP contribution in [0.3, 0.4) is 0 Å². The molecule has 1 saturated heterocycles. The second kappa shape index (κ2) is 4.92. The highest BCUT2D eigenvalue weighted by molar-refractivity contribution is 5.86. The van der Waals surface area contributed by atoms with Crippen LogP contribution >= 0.6 is 0 Å². The number of hydrogen-bond donors (Lipinski definition) is 1. The molecule has 1 aliphatic carbocycles. The van der Waals surface area contributed by atoms with Gasteiger partial charge >= 0.3 is 0 Å². The van der Waals surface area contributed by atoms with Crippen LogP contribution in [-0.2, 0) is 4.79 Å². The van der Waals surface area contributed by atoms with Crippen LogP contribution in [0.15, 0.2) is 12.4 Å². The molecule has 1 aromatic rings. The van der Waals surface area contributed by atoms with Crippen LogP contribution in [0.25, 0.3) is 0 Å². The first-order valence-corrected chi connectivity index (χ1v) is 6.66. The summed E-state index contributed by atoms with van der Waals surface area (Å²) in [7, 11) is 0. The average molecular weight is 246 g/mol. The van der Waals surface area contributed by atoms with E-state index in [1.54, 1.807) is 6.33 Å². The van der Waals surface area contributed by atoms with Gasteiger partial charge < -0.3 is 10.2 Å². The van der Waals surface area contributed by atoms with E-state index in [9.17, 15) is 4.79 Å². The van der Waals surface area contributed by atoms with Crippen molar-refractivity contribution in [3.05, 3.63) is 12.4 Å². The summed E-state index contributed by atoms with van der Waals surface area (Å²) in [4.78, 5) is 21.8. The minimum atomic E-state index is 0.291. The van der Waals surface area contributed by atoms with E-state index in [1.807, 2.05) is 11.0 Å². The molecular weight excluding hydrogens is 228 g/mol. The highest BCUT2D eigenvalue weighted by Crippen LogP contribution is 2.23. The van der Waals surface area contributed by atoms with Crippen LogP contribution in [0.2, 0.25) is 0 Å². The average Bonchev–Trinajstić information content (AvgIpc) is 3.01. The van der Waals surface area contributed by atoms with Crippen LogP contribution in [0.5, 0.6) is 0 Å². The van der Waals surface area contributed by atoms with Crippen molar-refractivity contribution in [1.82, 2.24) is 9.97 Å². The number of Topliss-reactive ketones (excluding diaryl/α,β-unsaturated/α-hetero) is 1. The lowest BCUT2D eigenvalue weighted by Crippen LogP contribution is -2.22. The van der Waals surface area contributed by atoms with Gasteiger partial charge in [0.15, 0.2) is 5.78 Å². The van der Waals surface area contributed by atoms with E-state index in [0.717, 1.165) is 18.2 Å². The Kier molecular flexibility index (Phi) is 3.13. The van der Waals surface area contributed by atoms with E-state index in [0.29, 0.717) is 24.8 Å². The molecule has 18 heavy (non-hydrogen) atoms. The molecule has 1 aliphatic heterocycles. The van der Waals surface area contributed by atoms with Gasteiger partial charge in [0, 0.05) is 25.1 Å². The summed E-state index contributed by atoms with van der Waals surface area (Å²) in [5.74, 6) is 2.03. The Bertz CT molecular complexity index is 442. The van der Waals surface area contributed by atoms with Crippen molar-refractivity contribution in [3.63, 3.8) is 0 Å². The lowest BCUT2D eigenvalue weighted by atomic mass is 10.2. The van der Waals surface area contributed by atoms with Crippen LogP contribution in [0.1, 0.15) is 32.1 Å². The molecule has 5 nitrogen and oxygen atoms in total. The molecule has 1 saturated carbocycles. The Balaban J connectivity index is 1.70. The first kappa shape index (κ1) is 11.4. The molecule has 2 heterocycles. The van der Waals surface area contributed by atoms with Gasteiger partial charge in [0.2, 0.25) is 0 Å². The van der Waals surface area contributed by atoms with Gasteiger partial charge in [0.25, 0.3) is 0 Å². The van der Waals surface area contributed by atoms with Crippen molar-refractivity contribution >= 4 is 17.4 Å². The van der Waals surface area contributed by atoms with E-state index in [4.69, 9.17) is 0 Å². The molecule has 0 radical (unpaired) electrons. The molecule has 1 aromatic heterocycles. The molecule has 96 valence electrons. The van der Waals surface area contributed by atoms with Gasteiger partial charge in [-0.25, -0.2) is 9.97 Å². The van der Waals surface area contributed by atoms with Crippen LogP contribution in [0, 0.1) is 0 Å². The van der Waals surface area contributed by atoms with E-state index in [-0.39, 0.29) is 0 Å². The first-order chi connectivity index (χ1) is 8.81. The maximum atomic E-state index is 11.3. The normalized spacial score (nSPS) is 20.7. The van der Waals surface area contributed by atoms with Gasteiger partial charge in [0.1, 0.15) is 18.0 Å². The largest absolute Gasteiger partial charge is 0.367 e. The lowest BCUT2D eigenvalue weighted by molar-refractivity contribution is -0.116. The van der Waals surface area contributed by atoms with Gasteiger partial charge in [-0.1, -0.05) is 12.8 Å². The fourth-order valence-corrected chi connectivity index (χ4v) is 2.70. The topological polar surface area (TPSA) is 58.1 Å². The van der Waals surface area contributed by atoms with Gasteiger partial charge in [-0.05, 0) is 12.8 Å². The molecule has 0 aromatic carbocycles. The maximum absolute atomic E-state index is 11.3. The second-order valence-corrected chi connectivity index (χ2v) is 5.10. The molecule has 5 heteroatoms. The van der Waals surface area contributed by atoms with Crippen LogP contribution < -0.4 is 10.2 Å². The quantitative estimate of drug-likeness (QED) is 0.878. The minimum Gasteiger partial charge on any atom is -0.367 e. The van der Waals surface area contributed by atoms with Crippen molar-refractivity contribution in [1.29, 1.82) is 0 Å². The molecule has 0 atom stereocenters. The Morgan fingerprint density at radius 1 is 1.28 bits per heavy atom. The van der Waals surface area contributed by atoms with E-state index in [2.05, 4.69) is 15.3 Å². The number of rotatable bonds is 3. The SMILES string of the molecule is O=C1CCN(c2cc(NC3CCCC3)ncn2)C1. The molecule has 1 N–H and O–H groups in total. The summed E-state index contributed by atoms with van der Waals surface area (Å²) in [6.07, 6.45) is 7.26. The fourth-order valence-electron chi connectivity index (χ4n) is 2.70. The number of nitrogens with zero attached hydrogens (tertiary/aromatic N) is 3. The van der Waals surface area contributed by atoms with Gasteiger partial charge in [-0.3, -0.25) is 4.79 Å². The highest BCUT2D eigenvalue weighted by Gasteiger charge is 2.21. The van der Waals surface area contributed by atoms with Gasteiger partial charge in [-0.2, -0.15) is 0 Å². The van der Waals surface area contributed by atoms with Gasteiger partial charge in [-0.15, -0.1) is 0 Å². The standard InChI is InChI=1S/C13H18N4O/c18-11-5-6-17(8-11)13-7-12(14-9-15-13)16-10-3-1-2-4-10/h7,9-10H,1-6,8H2,(H,14,15,16). The third-order valence-electron chi connectivity index (χ3n) is 3.71. The van der Waals surface area contributed by atoms with Gasteiger partial charge in [0.05, 0.1) is 6.54 Å². The third-order valence-corrected chi connectivity index (χ3v) is 3.71. The predicted octanol–water partition coefficient (Wildman–Crippen LogP) is 1.61. The second-order valence-electron chi connectivity index (χ2n) is 5.10. The van der Waals surface area contributed by atoms with Crippen molar-refractivity contribution in [3.8, 4) is 0 Å². The summed E-state index contributed by atoms with van der Waals surface area (Å²) in [5.41, 5.74) is 0. The van der Waals surface area contributed by atoms with Crippen molar-refractivity contribution in [2.75, 3.05) is 23.3 Å². The zero-order valence-electron chi connectivity index (χ0n) is 10.4. The summed E-state index contributed by atoms with van der Waals surface area (Å²) >= 11 is 0. The number of ketones is 1. The summed E-state index contributed by atoms with van der Waals surface area (Å²) < 4.78 is 0. The summed E-state index contributed by atoms with van der Waals surface area (Å²) in [6.45, 7) is 1.26. The first-order valence-electron chi connectivity index (χ1n) is 6.66. The Labute approximate surface area is 107 Å². The number of nitrogens with one attached hydrogen (secondary N) is 1. The van der Waals surface area contributed by atoms with E-state index < -0.39 is 0 Å². The Morgan fingerprint density at radius 2 is 2.11 bits per heavy atom. The van der Waals surface area contributed by atoms with Crippen molar-refractivity contribution < 1.29 is 4.79 Å². The lowest BCUT2D eigenvalue weighted by Gasteiger charge is -2.17. The molecule has 0 unspecified atom stereocenters. The van der Waals surface area contributed by atoms with Crippen LogP contribution in [-0.4, -0.2) is 34.9 Å². The zero-order chi connectivity index (χ0) is 12.4. The number of aromatic nitrogens is 2. The Hall–Kier alpha value is -1.65. The Morgan fingerprint density at radius 3 is 2.83 bits per heavy atom. The molecular formula is C13H18N4O. The third kappa shape index (κ3) is 2.44. The summed E-state index contributed by atoms with van der Waals surface area (Å²) in [5, 5.41) is 3.45. The number of hydrogen-bond acceptors (Lipinski definition) is 5. The fraction of sp³-hybridized carbons (Fsp3) is 0.615. The van der Waals surface area contributed by atoms with Crippen molar-refractivity contribution in [2.45, 2.75) is 38.1 Å². The highest BCUT2D eigenvalue weighted by atomic mass is 16.1. The molecule has 2 fully saturated rings. The molecule has 0 amide bonds. The maximum Gasteiger partial charge on any atom is 0.153 e. The minimum absolute atomic E-state index is 0.291. The van der Waals surface area contributed by atoms with Crippen LogP contribution in [0.4, 0.5) is 11.6 Å². The number of anilines is 2. The molecule has 2 aliphatic rings. The smallest absolute Gasteiger partial charge is 0.153 e. The number of carbonyl (C=O) groups is 1. The number of carbonyl (C=O) groups excluding carboxylic acids is 1. The monoisotopic (exact) mass is 246 g/mol. The zero-order valence-corrected chi connectivity index (χ0v) is 10.4. The molecule has 0 spiro atoms. The van der Waals surface area contributed by atoms with Crippen molar-refractivity contribution in [2.24, 2.45) is 0 Å². The van der Waals surface area contributed by atoms with E-state index >= 15 is 0 Å². The molecule has 0 bridgehead atoms.